The first-order valence-electron chi connectivity index (χ1n) is 10.7. The lowest BCUT2D eigenvalue weighted by Gasteiger charge is -2.33. The first-order chi connectivity index (χ1) is 15.1. The summed E-state index contributed by atoms with van der Waals surface area (Å²) in [6.45, 7) is 6.67. The number of carboxylic acid groups (broad SMARTS) is 1. The van der Waals surface area contributed by atoms with Crippen LogP contribution in [-0.4, -0.2) is 30.0 Å². The zero-order valence-corrected chi connectivity index (χ0v) is 19.7. The highest BCUT2D eigenvalue weighted by atomic mass is 32.1. The molecule has 2 amide bonds. The molecule has 0 saturated carbocycles. The van der Waals surface area contributed by atoms with E-state index in [4.69, 9.17) is 9.84 Å². The molecule has 8 heteroatoms. The first-order valence-corrected chi connectivity index (χ1v) is 11.5. The molecule has 172 valence electrons. The number of para-hydroxylation sites is 2. The Labute approximate surface area is 192 Å². The van der Waals surface area contributed by atoms with E-state index in [0.717, 1.165) is 29.7 Å². The molecule has 7 nitrogen and oxygen atoms in total. The van der Waals surface area contributed by atoms with Crippen molar-refractivity contribution in [1.29, 1.82) is 0 Å². The van der Waals surface area contributed by atoms with Crippen LogP contribution in [0.1, 0.15) is 60.8 Å². The molecule has 0 bridgehead atoms. The quantitative estimate of drug-likeness (QED) is 0.544. The lowest BCUT2D eigenvalue weighted by molar-refractivity contribution is -0.138. The third-order valence-corrected chi connectivity index (χ3v) is 7.06. The molecule has 1 atom stereocenters. The maximum absolute atomic E-state index is 13.4. The van der Waals surface area contributed by atoms with E-state index in [2.05, 4.69) is 31.4 Å². The van der Waals surface area contributed by atoms with Gasteiger partial charge in [-0.25, -0.2) is 0 Å². The highest BCUT2D eigenvalue weighted by molar-refractivity contribution is 7.17. The number of amides is 2. The number of benzene rings is 1. The van der Waals surface area contributed by atoms with Crippen molar-refractivity contribution in [2.24, 2.45) is 11.3 Å². The van der Waals surface area contributed by atoms with Gasteiger partial charge in [0, 0.05) is 11.3 Å². The Kier molecular flexibility index (Phi) is 7.23. The summed E-state index contributed by atoms with van der Waals surface area (Å²) in [7, 11) is 1.54. The topological polar surface area (TPSA) is 105 Å². The van der Waals surface area contributed by atoms with E-state index in [1.54, 1.807) is 12.1 Å². The van der Waals surface area contributed by atoms with E-state index in [0.29, 0.717) is 27.9 Å². The Balaban J connectivity index is 1.93. The van der Waals surface area contributed by atoms with Crippen molar-refractivity contribution in [1.82, 2.24) is 0 Å². The van der Waals surface area contributed by atoms with Crippen molar-refractivity contribution in [3.8, 4) is 5.75 Å². The summed E-state index contributed by atoms with van der Waals surface area (Å²) in [5.74, 6) is -0.730. The minimum absolute atomic E-state index is 0.143. The van der Waals surface area contributed by atoms with Gasteiger partial charge in [0.2, 0.25) is 5.91 Å². The van der Waals surface area contributed by atoms with Gasteiger partial charge in [0.15, 0.2) is 0 Å². The fourth-order valence-electron chi connectivity index (χ4n) is 4.00. The zero-order chi connectivity index (χ0) is 23.5. The first kappa shape index (κ1) is 23.8. The van der Waals surface area contributed by atoms with Gasteiger partial charge in [0.1, 0.15) is 10.8 Å². The van der Waals surface area contributed by atoms with Gasteiger partial charge in [-0.15, -0.1) is 11.3 Å². The molecular weight excluding hydrogens is 428 g/mol. The van der Waals surface area contributed by atoms with Crippen LogP contribution in [0.3, 0.4) is 0 Å². The standard InChI is InChI=1S/C24H30N2O5S/c1-24(2,3)14-9-10-15-18(13-14)32-23(26-19(27)11-12-20(28)29)21(15)22(30)25-16-7-5-6-8-17(16)31-4/h5-8,14H,9-13H2,1-4H3,(H,25,30)(H,26,27)(H,28,29). The number of anilines is 2. The van der Waals surface area contributed by atoms with Crippen LogP contribution in [0.5, 0.6) is 5.75 Å². The molecule has 0 spiro atoms. The second kappa shape index (κ2) is 9.73. The van der Waals surface area contributed by atoms with E-state index in [-0.39, 0.29) is 24.2 Å². The van der Waals surface area contributed by atoms with E-state index in [9.17, 15) is 14.4 Å². The van der Waals surface area contributed by atoms with E-state index in [1.165, 1.54) is 18.4 Å². The monoisotopic (exact) mass is 458 g/mol. The van der Waals surface area contributed by atoms with Gasteiger partial charge in [-0.3, -0.25) is 14.4 Å². The number of ether oxygens (including phenoxy) is 1. The molecule has 1 aliphatic carbocycles. The Morgan fingerprint density at radius 1 is 1.16 bits per heavy atom. The van der Waals surface area contributed by atoms with Crippen LogP contribution >= 0.6 is 11.3 Å². The summed E-state index contributed by atoms with van der Waals surface area (Å²) in [6, 6.07) is 7.16. The number of methoxy groups -OCH3 is 1. The number of carboxylic acids is 1. The van der Waals surface area contributed by atoms with Gasteiger partial charge < -0.3 is 20.5 Å². The lowest BCUT2D eigenvalue weighted by atomic mass is 9.72. The average Bonchev–Trinajstić information content (AvgIpc) is 3.09. The number of fused-ring (bicyclic) bond motifs is 1. The van der Waals surface area contributed by atoms with E-state index < -0.39 is 11.9 Å². The van der Waals surface area contributed by atoms with Gasteiger partial charge in [0.05, 0.1) is 24.8 Å². The van der Waals surface area contributed by atoms with Crippen LogP contribution in [0, 0.1) is 11.3 Å². The van der Waals surface area contributed by atoms with Crippen molar-refractivity contribution < 1.29 is 24.2 Å². The number of nitrogens with one attached hydrogen (secondary N) is 2. The van der Waals surface area contributed by atoms with E-state index in [1.807, 2.05) is 12.1 Å². The molecular formula is C24H30N2O5S. The molecule has 0 aliphatic heterocycles. The predicted molar refractivity (Wildman–Crippen MR) is 126 cm³/mol. The largest absolute Gasteiger partial charge is 0.495 e. The lowest BCUT2D eigenvalue weighted by Crippen LogP contribution is -2.27. The number of thiophene rings is 1. The van der Waals surface area contributed by atoms with E-state index >= 15 is 0 Å². The summed E-state index contributed by atoms with van der Waals surface area (Å²) in [5.41, 5.74) is 2.13. The summed E-state index contributed by atoms with van der Waals surface area (Å²) in [4.78, 5) is 37.7. The van der Waals surface area contributed by atoms with Crippen molar-refractivity contribution in [2.75, 3.05) is 17.7 Å². The SMILES string of the molecule is COc1ccccc1NC(=O)c1c(NC(=O)CCC(=O)O)sc2c1CCC(C(C)(C)C)C2. The van der Waals surface area contributed by atoms with Crippen LogP contribution in [0.25, 0.3) is 0 Å². The number of rotatable bonds is 7. The Morgan fingerprint density at radius 3 is 2.53 bits per heavy atom. The minimum Gasteiger partial charge on any atom is -0.495 e. The molecule has 1 aromatic heterocycles. The second-order valence-electron chi connectivity index (χ2n) is 9.11. The summed E-state index contributed by atoms with van der Waals surface area (Å²) >= 11 is 1.42. The van der Waals surface area contributed by atoms with Crippen molar-refractivity contribution in [2.45, 2.75) is 52.9 Å². The van der Waals surface area contributed by atoms with Gasteiger partial charge in [-0.2, -0.15) is 0 Å². The molecule has 1 unspecified atom stereocenters. The molecule has 2 aromatic rings. The van der Waals surface area contributed by atoms with Crippen LogP contribution < -0.4 is 15.4 Å². The third kappa shape index (κ3) is 5.48. The maximum atomic E-state index is 13.4. The molecule has 1 aromatic carbocycles. The molecule has 32 heavy (non-hydrogen) atoms. The number of hydrogen-bond acceptors (Lipinski definition) is 5. The molecule has 3 N–H and O–H groups in total. The van der Waals surface area contributed by atoms with Crippen LogP contribution in [-0.2, 0) is 22.4 Å². The normalized spacial score (nSPS) is 15.6. The fraction of sp³-hybridized carbons (Fsp3) is 0.458. The zero-order valence-electron chi connectivity index (χ0n) is 18.9. The smallest absolute Gasteiger partial charge is 0.303 e. The summed E-state index contributed by atoms with van der Waals surface area (Å²) in [5, 5.41) is 15.1. The highest BCUT2D eigenvalue weighted by Gasteiger charge is 2.34. The molecule has 1 heterocycles. The number of carbonyl (C=O) groups excluding carboxylic acids is 2. The molecule has 1 aliphatic rings. The average molecular weight is 459 g/mol. The molecule has 0 saturated heterocycles. The summed E-state index contributed by atoms with van der Waals surface area (Å²) in [6.07, 6.45) is 2.17. The van der Waals surface area contributed by atoms with Crippen molar-refractivity contribution >= 4 is 39.8 Å². The minimum atomic E-state index is -1.03. The molecule has 0 radical (unpaired) electrons. The Bertz CT molecular complexity index is 1020. The van der Waals surface area contributed by atoms with Crippen molar-refractivity contribution in [3.63, 3.8) is 0 Å². The maximum Gasteiger partial charge on any atom is 0.303 e. The third-order valence-electron chi connectivity index (χ3n) is 5.89. The summed E-state index contributed by atoms with van der Waals surface area (Å²) < 4.78 is 5.34. The Hall–Kier alpha value is -2.87. The van der Waals surface area contributed by atoms with Gasteiger partial charge in [0.25, 0.3) is 5.91 Å². The molecule has 0 fully saturated rings. The van der Waals surface area contributed by atoms with Gasteiger partial charge >= 0.3 is 5.97 Å². The fourth-order valence-corrected chi connectivity index (χ4v) is 5.34. The van der Waals surface area contributed by atoms with Crippen LogP contribution in [0.2, 0.25) is 0 Å². The Morgan fingerprint density at radius 2 is 1.88 bits per heavy atom. The predicted octanol–water partition coefficient (Wildman–Crippen LogP) is 4.96. The highest BCUT2D eigenvalue weighted by Crippen LogP contribution is 2.44. The van der Waals surface area contributed by atoms with Crippen LogP contribution in [0.15, 0.2) is 24.3 Å². The number of carbonyl (C=O) groups is 3. The van der Waals surface area contributed by atoms with Crippen molar-refractivity contribution in [3.05, 3.63) is 40.3 Å². The van der Waals surface area contributed by atoms with Gasteiger partial charge in [-0.05, 0) is 48.3 Å². The van der Waals surface area contributed by atoms with Gasteiger partial charge in [-0.1, -0.05) is 32.9 Å². The van der Waals surface area contributed by atoms with Crippen LogP contribution in [0.4, 0.5) is 10.7 Å². The molecule has 3 rings (SSSR count). The second-order valence-corrected chi connectivity index (χ2v) is 10.2. The number of hydrogen-bond donors (Lipinski definition) is 3. The number of aliphatic carboxylic acids is 1.